The summed E-state index contributed by atoms with van der Waals surface area (Å²) in [5, 5.41) is 10.8. The van der Waals surface area contributed by atoms with Gasteiger partial charge in [-0.15, -0.1) is 0 Å². The summed E-state index contributed by atoms with van der Waals surface area (Å²) in [4.78, 5) is 31.2. The Kier molecular flexibility index (Phi) is 5.47. The average Bonchev–Trinajstić information content (AvgIpc) is 3.38. The van der Waals surface area contributed by atoms with Crippen molar-refractivity contribution in [2.45, 2.75) is 46.6 Å². The van der Waals surface area contributed by atoms with Crippen LogP contribution in [0.25, 0.3) is 21.3 Å². The van der Waals surface area contributed by atoms with Gasteiger partial charge < -0.3 is 15.0 Å². The number of H-pyrrole nitrogens is 1. The van der Waals surface area contributed by atoms with E-state index in [2.05, 4.69) is 20.5 Å². The number of likely N-dealkylation sites (tertiary alicyclic amines) is 1. The predicted octanol–water partition coefficient (Wildman–Crippen LogP) is 4.50. The zero-order valence-electron chi connectivity index (χ0n) is 18.4. The Morgan fingerprint density at radius 1 is 1.29 bits per heavy atom. The lowest BCUT2D eigenvalue weighted by Crippen LogP contribution is -2.36. The molecule has 0 saturated carbocycles. The lowest BCUT2D eigenvalue weighted by molar-refractivity contribution is -0.119. The van der Waals surface area contributed by atoms with Crippen molar-refractivity contribution in [3.05, 3.63) is 29.6 Å². The molecule has 1 aromatic carbocycles. The molecule has 4 rings (SSSR count). The number of thiazole rings is 1. The fraction of sp³-hybridized carbons (Fsp3) is 0.455. The van der Waals surface area contributed by atoms with E-state index in [0.29, 0.717) is 24.6 Å². The Bertz CT molecular complexity index is 1120. The fourth-order valence-corrected chi connectivity index (χ4v) is 4.64. The number of fused-ring (bicyclic) bond motifs is 1. The van der Waals surface area contributed by atoms with Crippen molar-refractivity contribution in [1.29, 1.82) is 0 Å². The van der Waals surface area contributed by atoms with E-state index < -0.39 is 5.60 Å². The molecule has 1 saturated heterocycles. The highest BCUT2D eigenvalue weighted by Crippen LogP contribution is 2.32. The number of anilines is 1. The first-order valence-corrected chi connectivity index (χ1v) is 11.1. The number of carbonyl (C=O) groups is 2. The molecule has 0 aliphatic carbocycles. The minimum absolute atomic E-state index is 0.119. The summed E-state index contributed by atoms with van der Waals surface area (Å²) in [6.07, 6.45) is 0.235. The van der Waals surface area contributed by atoms with Gasteiger partial charge in [-0.05, 0) is 58.7 Å². The van der Waals surface area contributed by atoms with E-state index in [1.165, 1.54) is 11.3 Å². The second-order valence-electron chi connectivity index (χ2n) is 8.91. The topological polar surface area (TPSA) is 100 Å². The maximum atomic E-state index is 12.8. The van der Waals surface area contributed by atoms with Crippen LogP contribution in [0.4, 0.5) is 9.93 Å². The number of rotatable bonds is 3. The van der Waals surface area contributed by atoms with E-state index in [1.54, 1.807) is 4.90 Å². The molecular weight excluding hydrogens is 414 g/mol. The Morgan fingerprint density at radius 3 is 2.74 bits per heavy atom. The summed E-state index contributed by atoms with van der Waals surface area (Å²) in [7, 11) is 0. The molecule has 3 aromatic rings. The molecule has 8 nitrogen and oxygen atoms in total. The molecule has 0 radical (unpaired) electrons. The first-order valence-electron chi connectivity index (χ1n) is 10.3. The van der Waals surface area contributed by atoms with Gasteiger partial charge in [0.1, 0.15) is 5.60 Å². The van der Waals surface area contributed by atoms with Crippen LogP contribution in [0.2, 0.25) is 0 Å². The molecule has 1 aliphatic rings. The van der Waals surface area contributed by atoms with E-state index in [1.807, 2.05) is 52.8 Å². The standard InChI is InChI=1S/C22H27N5O3S/c1-12-18(13(2)26-25-12)14-6-7-17-16(10-14)23-20(31-17)24-19(28)15-8-9-27(11-15)21(29)30-22(3,4)5/h6-7,10,15H,8-9,11H2,1-5H3,(H,25,26)(H,23,24,28)/t15-/m1/s1. The number of aromatic nitrogens is 3. The van der Waals surface area contributed by atoms with Crippen molar-refractivity contribution >= 4 is 38.7 Å². The average molecular weight is 442 g/mol. The van der Waals surface area contributed by atoms with Crippen LogP contribution in [-0.4, -0.2) is 50.8 Å². The molecular formula is C22H27N5O3S. The van der Waals surface area contributed by atoms with Gasteiger partial charge in [-0.3, -0.25) is 9.89 Å². The second kappa shape index (κ2) is 7.96. The monoisotopic (exact) mass is 441 g/mol. The highest BCUT2D eigenvalue weighted by molar-refractivity contribution is 7.22. The number of aromatic amines is 1. The molecule has 0 spiro atoms. The van der Waals surface area contributed by atoms with Crippen molar-refractivity contribution in [2.75, 3.05) is 18.4 Å². The molecule has 1 atom stereocenters. The number of benzene rings is 1. The quantitative estimate of drug-likeness (QED) is 0.623. The molecule has 2 amide bonds. The first-order chi connectivity index (χ1) is 14.6. The summed E-state index contributed by atoms with van der Waals surface area (Å²) >= 11 is 1.44. The van der Waals surface area contributed by atoms with Gasteiger partial charge in [0.25, 0.3) is 0 Å². The van der Waals surface area contributed by atoms with Gasteiger partial charge in [0, 0.05) is 24.3 Å². The Balaban J connectivity index is 1.44. The maximum Gasteiger partial charge on any atom is 0.410 e. The van der Waals surface area contributed by atoms with Crippen LogP contribution >= 0.6 is 11.3 Å². The van der Waals surface area contributed by atoms with Crippen LogP contribution in [0.3, 0.4) is 0 Å². The SMILES string of the molecule is Cc1n[nH]c(C)c1-c1ccc2sc(NC(=O)[C@@H]3CCN(C(=O)OC(C)(C)C)C3)nc2c1. The van der Waals surface area contributed by atoms with Gasteiger partial charge in [-0.25, -0.2) is 9.78 Å². The minimum atomic E-state index is -0.551. The number of amides is 2. The number of nitrogens with one attached hydrogen (secondary N) is 2. The highest BCUT2D eigenvalue weighted by atomic mass is 32.1. The van der Waals surface area contributed by atoms with Crippen molar-refractivity contribution < 1.29 is 14.3 Å². The number of ether oxygens (including phenoxy) is 1. The molecule has 3 heterocycles. The molecule has 164 valence electrons. The van der Waals surface area contributed by atoms with Gasteiger partial charge in [0.2, 0.25) is 5.91 Å². The van der Waals surface area contributed by atoms with E-state index in [-0.39, 0.29) is 17.9 Å². The minimum Gasteiger partial charge on any atom is -0.444 e. The smallest absolute Gasteiger partial charge is 0.410 e. The Hall–Kier alpha value is -2.94. The first kappa shape index (κ1) is 21.3. The van der Waals surface area contributed by atoms with Crippen molar-refractivity contribution in [3.8, 4) is 11.1 Å². The molecule has 31 heavy (non-hydrogen) atoms. The van der Waals surface area contributed by atoms with Crippen LogP contribution in [0.15, 0.2) is 18.2 Å². The number of carbonyl (C=O) groups excluding carboxylic acids is 2. The number of hydrogen-bond donors (Lipinski definition) is 2. The molecule has 1 aliphatic heterocycles. The van der Waals surface area contributed by atoms with E-state index in [0.717, 1.165) is 32.7 Å². The normalized spacial score (nSPS) is 16.7. The van der Waals surface area contributed by atoms with Gasteiger partial charge >= 0.3 is 6.09 Å². The molecule has 2 aromatic heterocycles. The van der Waals surface area contributed by atoms with Crippen LogP contribution < -0.4 is 5.32 Å². The molecule has 9 heteroatoms. The zero-order chi connectivity index (χ0) is 22.3. The summed E-state index contributed by atoms with van der Waals surface area (Å²) in [5.74, 6) is -0.391. The highest BCUT2D eigenvalue weighted by Gasteiger charge is 2.33. The lowest BCUT2D eigenvalue weighted by atomic mass is 10.0. The van der Waals surface area contributed by atoms with Gasteiger partial charge in [0.15, 0.2) is 5.13 Å². The predicted molar refractivity (Wildman–Crippen MR) is 121 cm³/mol. The largest absolute Gasteiger partial charge is 0.444 e. The second-order valence-corrected chi connectivity index (χ2v) is 9.94. The Morgan fingerprint density at radius 2 is 2.06 bits per heavy atom. The van der Waals surface area contributed by atoms with Gasteiger partial charge in [0.05, 0.1) is 21.8 Å². The van der Waals surface area contributed by atoms with Crippen LogP contribution in [0, 0.1) is 19.8 Å². The number of aryl methyl sites for hydroxylation is 2. The molecule has 0 bridgehead atoms. The lowest BCUT2D eigenvalue weighted by Gasteiger charge is -2.24. The molecule has 0 unspecified atom stereocenters. The van der Waals surface area contributed by atoms with E-state index in [9.17, 15) is 9.59 Å². The van der Waals surface area contributed by atoms with Crippen molar-refractivity contribution in [1.82, 2.24) is 20.1 Å². The summed E-state index contributed by atoms with van der Waals surface area (Å²) in [6.45, 7) is 10.3. The summed E-state index contributed by atoms with van der Waals surface area (Å²) < 4.78 is 6.40. The van der Waals surface area contributed by atoms with Gasteiger partial charge in [-0.2, -0.15) is 5.10 Å². The molecule has 2 N–H and O–H groups in total. The van der Waals surface area contributed by atoms with Crippen LogP contribution in [0.1, 0.15) is 38.6 Å². The fourth-order valence-electron chi connectivity index (χ4n) is 3.79. The van der Waals surface area contributed by atoms with E-state index >= 15 is 0 Å². The molecule has 1 fully saturated rings. The Labute approximate surface area is 185 Å². The third kappa shape index (κ3) is 4.56. The van der Waals surface area contributed by atoms with Crippen molar-refractivity contribution in [2.24, 2.45) is 5.92 Å². The maximum absolute atomic E-state index is 12.8. The third-order valence-corrected chi connectivity index (χ3v) is 6.20. The van der Waals surface area contributed by atoms with Gasteiger partial charge in [-0.1, -0.05) is 17.4 Å². The van der Waals surface area contributed by atoms with Crippen molar-refractivity contribution in [3.63, 3.8) is 0 Å². The third-order valence-electron chi connectivity index (χ3n) is 5.25. The summed E-state index contributed by atoms with van der Waals surface area (Å²) in [6, 6.07) is 6.09. The van der Waals surface area contributed by atoms with Crippen LogP contribution in [-0.2, 0) is 9.53 Å². The number of hydrogen-bond acceptors (Lipinski definition) is 6. The zero-order valence-corrected chi connectivity index (χ0v) is 19.2. The summed E-state index contributed by atoms with van der Waals surface area (Å²) in [5.41, 5.74) is 4.36. The van der Waals surface area contributed by atoms with E-state index in [4.69, 9.17) is 4.74 Å². The number of nitrogens with zero attached hydrogens (tertiary/aromatic N) is 3. The van der Waals surface area contributed by atoms with Crippen LogP contribution in [0.5, 0.6) is 0 Å².